The van der Waals surface area contributed by atoms with E-state index in [9.17, 15) is 9.90 Å². The zero-order chi connectivity index (χ0) is 14.0. The Labute approximate surface area is 112 Å². The number of furan rings is 1. The molecule has 0 unspecified atom stereocenters. The van der Waals surface area contributed by atoms with Crippen LogP contribution in [0.25, 0.3) is 11.0 Å². The molecule has 0 aliphatic heterocycles. The van der Waals surface area contributed by atoms with Crippen molar-refractivity contribution in [3.8, 4) is 0 Å². The molecular weight excluding hydrogens is 244 g/mol. The van der Waals surface area contributed by atoms with Crippen LogP contribution in [-0.4, -0.2) is 16.7 Å². The lowest BCUT2D eigenvalue weighted by molar-refractivity contribution is -0.0383. The van der Waals surface area contributed by atoms with Crippen LogP contribution in [0.5, 0.6) is 0 Å². The van der Waals surface area contributed by atoms with Crippen LogP contribution in [0.1, 0.15) is 43.3 Å². The summed E-state index contributed by atoms with van der Waals surface area (Å²) in [6.07, 6.45) is 0.843. The smallest absolute Gasteiger partial charge is 0.340 e. The van der Waals surface area contributed by atoms with Crippen molar-refractivity contribution in [3.05, 3.63) is 35.6 Å². The van der Waals surface area contributed by atoms with Gasteiger partial charge in [0.1, 0.15) is 23.5 Å². The van der Waals surface area contributed by atoms with Gasteiger partial charge in [0, 0.05) is 5.39 Å². The van der Waals surface area contributed by atoms with Gasteiger partial charge in [-0.2, -0.15) is 0 Å². The number of fused-ring (bicyclic) bond motifs is 1. The van der Waals surface area contributed by atoms with Gasteiger partial charge in [-0.3, -0.25) is 0 Å². The summed E-state index contributed by atoms with van der Waals surface area (Å²) in [5.41, 5.74) is 0.477. The molecule has 1 N–H and O–H groups in total. The van der Waals surface area contributed by atoms with Gasteiger partial charge in [0.15, 0.2) is 0 Å². The molecule has 1 heterocycles. The second-order valence-electron chi connectivity index (χ2n) is 5.10. The third-order valence-corrected chi connectivity index (χ3v) is 3.33. The van der Waals surface area contributed by atoms with Crippen molar-refractivity contribution in [2.45, 2.75) is 39.4 Å². The van der Waals surface area contributed by atoms with Crippen molar-refractivity contribution in [1.82, 2.24) is 0 Å². The van der Waals surface area contributed by atoms with Gasteiger partial charge in [0.25, 0.3) is 0 Å². The van der Waals surface area contributed by atoms with Gasteiger partial charge in [0.2, 0.25) is 0 Å². The number of ether oxygens (including phenoxy) is 1. The van der Waals surface area contributed by atoms with E-state index in [0.29, 0.717) is 16.7 Å². The highest BCUT2D eigenvalue weighted by Crippen LogP contribution is 2.28. The molecule has 0 saturated carbocycles. The van der Waals surface area contributed by atoms with E-state index in [2.05, 4.69) is 0 Å². The Hall–Kier alpha value is -1.81. The molecule has 0 fully saturated rings. The van der Waals surface area contributed by atoms with Crippen molar-refractivity contribution >= 4 is 16.9 Å². The van der Waals surface area contributed by atoms with Crippen molar-refractivity contribution in [3.63, 3.8) is 0 Å². The Morgan fingerprint density at radius 3 is 2.68 bits per heavy atom. The number of carboxylic acids is 1. The first-order valence-electron chi connectivity index (χ1n) is 6.32. The predicted octanol–water partition coefficient (Wildman–Crippen LogP) is 3.84. The van der Waals surface area contributed by atoms with Gasteiger partial charge < -0.3 is 14.3 Å². The zero-order valence-electron chi connectivity index (χ0n) is 11.4. The molecule has 1 aromatic heterocycles. The van der Waals surface area contributed by atoms with Crippen LogP contribution in [0, 0.1) is 0 Å². The standard InChI is InChI=1S/C15H18O4/c1-4-15(2,3)18-9-12-13(14(16)17)10-7-5-6-8-11(10)19-12/h5-8H,4,9H2,1-3H3,(H,16,17). The number of benzene rings is 1. The molecule has 102 valence electrons. The number of carbonyl (C=O) groups is 1. The molecule has 0 bridgehead atoms. The quantitative estimate of drug-likeness (QED) is 0.889. The maximum absolute atomic E-state index is 11.4. The van der Waals surface area contributed by atoms with Gasteiger partial charge in [-0.15, -0.1) is 0 Å². The molecule has 0 saturated heterocycles. The average molecular weight is 262 g/mol. The molecule has 4 heteroatoms. The van der Waals surface area contributed by atoms with Gasteiger partial charge >= 0.3 is 5.97 Å². The van der Waals surface area contributed by atoms with E-state index in [1.54, 1.807) is 18.2 Å². The van der Waals surface area contributed by atoms with Crippen molar-refractivity contribution in [2.24, 2.45) is 0 Å². The third kappa shape index (κ3) is 2.79. The molecule has 19 heavy (non-hydrogen) atoms. The summed E-state index contributed by atoms with van der Waals surface area (Å²) < 4.78 is 11.3. The maximum atomic E-state index is 11.4. The van der Waals surface area contributed by atoms with Crippen molar-refractivity contribution in [2.75, 3.05) is 0 Å². The normalized spacial score (nSPS) is 11.9. The number of carboxylic acid groups (broad SMARTS) is 1. The Morgan fingerprint density at radius 1 is 1.37 bits per heavy atom. The van der Waals surface area contributed by atoms with E-state index in [1.165, 1.54) is 0 Å². The third-order valence-electron chi connectivity index (χ3n) is 3.33. The van der Waals surface area contributed by atoms with Crippen LogP contribution in [0.3, 0.4) is 0 Å². The van der Waals surface area contributed by atoms with Crippen LogP contribution in [0.4, 0.5) is 0 Å². The molecule has 0 radical (unpaired) electrons. The number of hydrogen-bond acceptors (Lipinski definition) is 3. The monoisotopic (exact) mass is 262 g/mol. The molecule has 2 aromatic rings. The summed E-state index contributed by atoms with van der Waals surface area (Å²) in [6, 6.07) is 7.12. The molecule has 0 amide bonds. The minimum absolute atomic E-state index is 0.164. The van der Waals surface area contributed by atoms with Crippen LogP contribution < -0.4 is 0 Å². The minimum atomic E-state index is -0.988. The fraction of sp³-hybridized carbons (Fsp3) is 0.400. The van der Waals surface area contributed by atoms with Crippen LogP contribution in [0.2, 0.25) is 0 Å². The summed E-state index contributed by atoms with van der Waals surface area (Å²) in [7, 11) is 0. The molecule has 0 aliphatic carbocycles. The number of para-hydroxylation sites is 1. The maximum Gasteiger partial charge on any atom is 0.340 e. The molecule has 4 nitrogen and oxygen atoms in total. The second-order valence-corrected chi connectivity index (χ2v) is 5.10. The molecule has 0 aliphatic rings. The Balaban J connectivity index is 2.37. The highest BCUT2D eigenvalue weighted by atomic mass is 16.5. The summed E-state index contributed by atoms with van der Waals surface area (Å²) >= 11 is 0. The Kier molecular flexibility index (Phi) is 3.62. The van der Waals surface area contributed by atoms with Gasteiger partial charge in [-0.05, 0) is 26.3 Å². The van der Waals surface area contributed by atoms with E-state index in [4.69, 9.17) is 9.15 Å². The second kappa shape index (κ2) is 5.05. The van der Waals surface area contributed by atoms with E-state index in [1.807, 2.05) is 26.8 Å². The lowest BCUT2D eigenvalue weighted by atomic mass is 10.1. The lowest BCUT2D eigenvalue weighted by Gasteiger charge is -2.22. The highest BCUT2D eigenvalue weighted by Gasteiger charge is 2.23. The molecule has 0 atom stereocenters. The summed E-state index contributed by atoms with van der Waals surface area (Å²) in [4.78, 5) is 11.4. The van der Waals surface area contributed by atoms with Crippen LogP contribution >= 0.6 is 0 Å². The fourth-order valence-electron chi connectivity index (χ4n) is 1.80. The largest absolute Gasteiger partial charge is 0.478 e. The van der Waals surface area contributed by atoms with Crippen molar-refractivity contribution < 1.29 is 19.1 Å². The number of hydrogen-bond donors (Lipinski definition) is 1. The lowest BCUT2D eigenvalue weighted by Crippen LogP contribution is -2.23. The first-order valence-corrected chi connectivity index (χ1v) is 6.32. The predicted molar refractivity (Wildman–Crippen MR) is 72.3 cm³/mol. The van der Waals surface area contributed by atoms with Gasteiger partial charge in [-0.25, -0.2) is 4.79 Å². The summed E-state index contributed by atoms with van der Waals surface area (Å²) in [5.74, 6) is -0.618. The van der Waals surface area contributed by atoms with E-state index < -0.39 is 5.97 Å². The Morgan fingerprint density at radius 2 is 2.05 bits per heavy atom. The van der Waals surface area contributed by atoms with Gasteiger partial charge in [-0.1, -0.05) is 25.1 Å². The van der Waals surface area contributed by atoms with Gasteiger partial charge in [0.05, 0.1) is 5.60 Å². The van der Waals surface area contributed by atoms with Crippen molar-refractivity contribution in [1.29, 1.82) is 0 Å². The average Bonchev–Trinajstić information content (AvgIpc) is 2.75. The van der Waals surface area contributed by atoms with Crippen LogP contribution in [-0.2, 0) is 11.3 Å². The number of aromatic carboxylic acids is 1. The first-order chi connectivity index (χ1) is 8.94. The zero-order valence-corrected chi connectivity index (χ0v) is 11.4. The molecular formula is C15H18O4. The topological polar surface area (TPSA) is 59.7 Å². The molecule has 0 spiro atoms. The summed E-state index contributed by atoms with van der Waals surface area (Å²) in [5, 5.41) is 9.94. The van der Waals surface area contributed by atoms with E-state index >= 15 is 0 Å². The molecule has 1 aromatic carbocycles. The highest BCUT2D eigenvalue weighted by molar-refractivity contribution is 6.03. The van der Waals surface area contributed by atoms with E-state index in [0.717, 1.165) is 6.42 Å². The fourth-order valence-corrected chi connectivity index (χ4v) is 1.80. The SMILES string of the molecule is CCC(C)(C)OCc1oc2ccccc2c1C(=O)O. The first kappa shape index (κ1) is 13.6. The van der Waals surface area contributed by atoms with E-state index in [-0.39, 0.29) is 17.8 Å². The minimum Gasteiger partial charge on any atom is -0.478 e. The summed E-state index contributed by atoms with van der Waals surface area (Å²) in [6.45, 7) is 6.13. The van der Waals surface area contributed by atoms with Crippen LogP contribution in [0.15, 0.2) is 28.7 Å². The Bertz CT molecular complexity index is 595. The number of rotatable bonds is 5. The molecule has 2 rings (SSSR count).